The van der Waals surface area contributed by atoms with Crippen LogP contribution in [0.3, 0.4) is 0 Å². The minimum absolute atomic E-state index is 0.118. The second-order valence-corrected chi connectivity index (χ2v) is 6.73. The Kier molecular flexibility index (Phi) is 6.12. The zero-order chi connectivity index (χ0) is 21.0. The number of aryl methyl sites for hydroxylation is 1. The van der Waals surface area contributed by atoms with E-state index < -0.39 is 6.17 Å². The molecular weight excluding hydrogens is 375 g/mol. The van der Waals surface area contributed by atoms with Gasteiger partial charge in [-0.2, -0.15) is 10.2 Å². The molecule has 2 heterocycles. The number of methoxy groups -OCH3 is 1. The highest BCUT2D eigenvalue weighted by atomic mass is 19.1. The molecule has 1 saturated heterocycles. The number of amides is 1. The Bertz CT molecular complexity index is 959. The Morgan fingerprint density at radius 3 is 2.90 bits per heavy atom. The molecule has 0 unspecified atom stereocenters. The van der Waals surface area contributed by atoms with Gasteiger partial charge in [-0.05, 0) is 38.0 Å². The third kappa shape index (κ3) is 4.37. The Morgan fingerprint density at radius 2 is 2.28 bits per heavy atom. The molecule has 1 fully saturated rings. The van der Waals surface area contributed by atoms with Crippen molar-refractivity contribution in [2.24, 2.45) is 0 Å². The van der Waals surface area contributed by atoms with Crippen LogP contribution in [0.1, 0.15) is 34.8 Å². The summed E-state index contributed by atoms with van der Waals surface area (Å²) in [5.41, 5.74) is 2.12. The van der Waals surface area contributed by atoms with Crippen LogP contribution in [-0.4, -0.2) is 53.7 Å². The van der Waals surface area contributed by atoms with Gasteiger partial charge in [0.15, 0.2) is 0 Å². The Morgan fingerprint density at radius 1 is 1.48 bits per heavy atom. The largest absolute Gasteiger partial charge is 0.495 e. The van der Waals surface area contributed by atoms with Crippen molar-refractivity contribution in [3.05, 3.63) is 35.0 Å². The van der Waals surface area contributed by atoms with E-state index in [-0.39, 0.29) is 18.4 Å². The zero-order valence-electron chi connectivity index (χ0n) is 16.6. The third-order valence-corrected chi connectivity index (χ3v) is 4.69. The molecule has 0 saturated carbocycles. The van der Waals surface area contributed by atoms with Gasteiger partial charge in [0, 0.05) is 18.7 Å². The molecule has 1 aromatic carbocycles. The maximum Gasteiger partial charge on any atom is 0.254 e. The maximum atomic E-state index is 13.5. The predicted octanol–water partition coefficient (Wildman–Crippen LogP) is 3.02. The van der Waals surface area contributed by atoms with Gasteiger partial charge in [0.25, 0.3) is 5.91 Å². The molecule has 9 heteroatoms. The summed E-state index contributed by atoms with van der Waals surface area (Å²) in [6.07, 6.45) is 0.832. The number of hydrogen-bond acceptors (Lipinski definition) is 7. The number of carbonyl (C=O) groups is 1. The molecule has 29 heavy (non-hydrogen) atoms. The number of nitriles is 1. The highest BCUT2D eigenvalue weighted by molar-refractivity contribution is 5.97. The SMILES string of the molecule is CCNc1nc(Nc2cc(C)c(C(=O)N3CC[C@H](F)C3)cc2OC)ncc1C#N. The first-order chi connectivity index (χ1) is 14.0. The number of nitrogens with one attached hydrogen (secondary N) is 2. The molecule has 3 rings (SSSR count). The summed E-state index contributed by atoms with van der Waals surface area (Å²) in [6, 6.07) is 5.45. The van der Waals surface area contributed by atoms with E-state index in [9.17, 15) is 9.18 Å². The topological polar surface area (TPSA) is 103 Å². The van der Waals surface area contributed by atoms with Crippen LogP contribution in [0.4, 0.5) is 21.8 Å². The van der Waals surface area contributed by atoms with Crippen molar-refractivity contribution in [2.75, 3.05) is 37.4 Å². The minimum Gasteiger partial charge on any atom is -0.495 e. The molecule has 2 N–H and O–H groups in total. The number of hydrogen-bond donors (Lipinski definition) is 2. The van der Waals surface area contributed by atoms with E-state index in [1.165, 1.54) is 18.2 Å². The average molecular weight is 398 g/mol. The van der Waals surface area contributed by atoms with Gasteiger partial charge in [-0.15, -0.1) is 0 Å². The van der Waals surface area contributed by atoms with Crippen LogP contribution < -0.4 is 15.4 Å². The normalized spacial score (nSPS) is 15.7. The van der Waals surface area contributed by atoms with E-state index in [1.54, 1.807) is 12.1 Å². The number of carbonyl (C=O) groups excluding carboxylic acids is 1. The zero-order valence-corrected chi connectivity index (χ0v) is 16.6. The monoisotopic (exact) mass is 398 g/mol. The molecule has 1 atom stereocenters. The van der Waals surface area contributed by atoms with Crippen molar-refractivity contribution < 1.29 is 13.9 Å². The van der Waals surface area contributed by atoms with Crippen LogP contribution in [0, 0.1) is 18.3 Å². The standard InChI is InChI=1S/C20H23FN6O2/c1-4-23-18-13(9-22)10-24-20(26-18)25-16-7-12(2)15(8-17(16)29-3)19(28)27-6-5-14(21)11-27/h7-8,10,14H,4-6,11H2,1-3H3,(H2,23,24,25,26)/t14-/m0/s1. The van der Waals surface area contributed by atoms with Gasteiger partial charge in [0.2, 0.25) is 5.95 Å². The molecule has 2 aromatic rings. The number of ether oxygens (including phenoxy) is 1. The van der Waals surface area contributed by atoms with E-state index in [0.717, 1.165) is 5.56 Å². The van der Waals surface area contributed by atoms with Crippen molar-refractivity contribution in [3.63, 3.8) is 0 Å². The smallest absolute Gasteiger partial charge is 0.254 e. The summed E-state index contributed by atoms with van der Waals surface area (Å²) in [5.74, 6) is 0.950. The van der Waals surface area contributed by atoms with Crippen LogP contribution >= 0.6 is 0 Å². The van der Waals surface area contributed by atoms with Crippen molar-refractivity contribution >= 4 is 23.4 Å². The molecule has 8 nitrogen and oxygen atoms in total. The van der Waals surface area contributed by atoms with Gasteiger partial charge in [0.1, 0.15) is 29.4 Å². The first-order valence-electron chi connectivity index (χ1n) is 9.36. The molecule has 0 bridgehead atoms. The summed E-state index contributed by atoms with van der Waals surface area (Å²) in [6.45, 7) is 4.86. The van der Waals surface area contributed by atoms with Crippen molar-refractivity contribution in [3.8, 4) is 11.8 Å². The minimum atomic E-state index is -0.971. The number of alkyl halides is 1. The lowest BCUT2D eigenvalue weighted by molar-refractivity contribution is 0.0782. The van der Waals surface area contributed by atoms with Crippen molar-refractivity contribution in [1.82, 2.24) is 14.9 Å². The Labute approximate surface area is 168 Å². The summed E-state index contributed by atoms with van der Waals surface area (Å²) in [4.78, 5) is 22.8. The van der Waals surface area contributed by atoms with Crippen LogP contribution in [0.2, 0.25) is 0 Å². The second kappa shape index (κ2) is 8.73. The average Bonchev–Trinajstić information content (AvgIpc) is 3.14. The van der Waals surface area contributed by atoms with Gasteiger partial charge >= 0.3 is 0 Å². The third-order valence-electron chi connectivity index (χ3n) is 4.69. The first-order valence-corrected chi connectivity index (χ1v) is 9.36. The van der Waals surface area contributed by atoms with Crippen LogP contribution in [0.25, 0.3) is 0 Å². The van der Waals surface area contributed by atoms with E-state index >= 15 is 0 Å². The van der Waals surface area contributed by atoms with Gasteiger partial charge in [-0.25, -0.2) is 9.37 Å². The van der Waals surface area contributed by atoms with Crippen molar-refractivity contribution in [2.45, 2.75) is 26.4 Å². The molecule has 1 amide bonds. The molecule has 1 aliphatic rings. The quantitative estimate of drug-likeness (QED) is 0.771. The van der Waals surface area contributed by atoms with Gasteiger partial charge in [0.05, 0.1) is 25.5 Å². The number of rotatable bonds is 6. The highest BCUT2D eigenvalue weighted by Gasteiger charge is 2.28. The first kappa shape index (κ1) is 20.3. The molecule has 1 aliphatic heterocycles. The second-order valence-electron chi connectivity index (χ2n) is 6.73. The van der Waals surface area contributed by atoms with Crippen molar-refractivity contribution in [1.29, 1.82) is 5.26 Å². The van der Waals surface area contributed by atoms with Crippen LogP contribution in [0.15, 0.2) is 18.3 Å². The number of anilines is 3. The fourth-order valence-corrected chi connectivity index (χ4v) is 3.20. The van der Waals surface area contributed by atoms with E-state index in [4.69, 9.17) is 10.00 Å². The number of halogens is 1. The lowest BCUT2D eigenvalue weighted by Gasteiger charge is -2.19. The highest BCUT2D eigenvalue weighted by Crippen LogP contribution is 2.31. The summed E-state index contributed by atoms with van der Waals surface area (Å²) >= 11 is 0. The summed E-state index contributed by atoms with van der Waals surface area (Å²) < 4.78 is 18.9. The number of nitrogens with zero attached hydrogens (tertiary/aromatic N) is 4. The number of benzene rings is 1. The Hall–Kier alpha value is -3.41. The molecular formula is C20H23FN6O2. The molecule has 1 aromatic heterocycles. The molecule has 0 spiro atoms. The van der Waals surface area contributed by atoms with Crippen LogP contribution in [-0.2, 0) is 0 Å². The summed E-state index contributed by atoms with van der Waals surface area (Å²) in [7, 11) is 1.50. The molecule has 0 aliphatic carbocycles. The summed E-state index contributed by atoms with van der Waals surface area (Å²) in [5, 5.41) is 15.3. The lowest BCUT2D eigenvalue weighted by Crippen LogP contribution is -2.29. The van der Waals surface area contributed by atoms with Gasteiger partial charge in [-0.3, -0.25) is 4.79 Å². The van der Waals surface area contributed by atoms with Gasteiger partial charge in [-0.1, -0.05) is 0 Å². The Balaban J connectivity index is 1.89. The molecule has 0 radical (unpaired) electrons. The predicted molar refractivity (Wildman–Crippen MR) is 107 cm³/mol. The van der Waals surface area contributed by atoms with E-state index in [1.807, 2.05) is 19.9 Å². The van der Waals surface area contributed by atoms with E-state index in [2.05, 4.69) is 20.6 Å². The van der Waals surface area contributed by atoms with Crippen LogP contribution in [0.5, 0.6) is 5.75 Å². The lowest BCUT2D eigenvalue weighted by atomic mass is 10.1. The maximum absolute atomic E-state index is 13.5. The fourth-order valence-electron chi connectivity index (χ4n) is 3.20. The van der Waals surface area contributed by atoms with E-state index in [0.29, 0.717) is 47.9 Å². The number of aromatic nitrogens is 2. The molecule has 152 valence electrons. The number of likely N-dealkylation sites (tertiary alicyclic amines) is 1. The fraction of sp³-hybridized carbons (Fsp3) is 0.400. The van der Waals surface area contributed by atoms with Gasteiger partial charge < -0.3 is 20.3 Å².